The number of hydrogen-bond donors (Lipinski definition) is 0. The lowest BCUT2D eigenvalue weighted by molar-refractivity contribution is -0.107. The Labute approximate surface area is 103 Å². The minimum absolute atomic E-state index is 0.765. The van der Waals surface area contributed by atoms with Gasteiger partial charge in [-0.15, -0.1) is 21.6 Å². The largest absolute Gasteiger partial charge is 0.318 e. The highest BCUT2D eigenvalue weighted by Gasteiger charge is 1.98. The number of thiophene rings is 1. The van der Waals surface area contributed by atoms with E-state index in [0.29, 0.717) is 0 Å². The number of azo groups is 1. The predicted octanol–water partition coefficient (Wildman–Crippen LogP) is 3.76. The fourth-order valence-electron chi connectivity index (χ4n) is 1.25. The maximum atomic E-state index is 10.6. The van der Waals surface area contributed by atoms with Crippen molar-refractivity contribution in [2.75, 3.05) is 11.9 Å². The van der Waals surface area contributed by atoms with Crippen molar-refractivity contribution in [1.82, 2.24) is 0 Å². The molecule has 0 aliphatic carbocycles. The molecule has 1 aromatic heterocycles. The van der Waals surface area contributed by atoms with E-state index in [0.717, 1.165) is 22.8 Å². The number of anilines is 1. The van der Waals surface area contributed by atoms with Gasteiger partial charge in [0.1, 0.15) is 5.00 Å². The van der Waals surface area contributed by atoms with Crippen molar-refractivity contribution >= 4 is 34.1 Å². The molecule has 0 spiro atoms. The quantitative estimate of drug-likeness (QED) is 0.597. The highest BCUT2D eigenvalue weighted by molar-refractivity contribution is 7.13. The van der Waals surface area contributed by atoms with E-state index >= 15 is 0 Å². The van der Waals surface area contributed by atoms with Gasteiger partial charge in [0.05, 0.1) is 5.69 Å². The van der Waals surface area contributed by atoms with Crippen molar-refractivity contribution in [3.05, 3.63) is 41.8 Å². The zero-order valence-electron chi connectivity index (χ0n) is 9.28. The van der Waals surface area contributed by atoms with Gasteiger partial charge in [-0.2, -0.15) is 0 Å². The second-order valence-electron chi connectivity index (χ2n) is 3.38. The molecule has 4 nitrogen and oxygen atoms in total. The van der Waals surface area contributed by atoms with Crippen molar-refractivity contribution in [2.45, 2.75) is 0 Å². The van der Waals surface area contributed by atoms with E-state index in [-0.39, 0.29) is 0 Å². The van der Waals surface area contributed by atoms with Gasteiger partial charge < -0.3 is 4.90 Å². The van der Waals surface area contributed by atoms with E-state index in [1.165, 1.54) is 16.2 Å². The lowest BCUT2D eigenvalue weighted by Crippen LogP contribution is -2.12. The van der Waals surface area contributed by atoms with Crippen molar-refractivity contribution in [3.63, 3.8) is 0 Å². The highest BCUT2D eigenvalue weighted by Crippen LogP contribution is 2.24. The first-order chi connectivity index (χ1) is 8.29. The van der Waals surface area contributed by atoms with Crippen LogP contribution in [-0.4, -0.2) is 13.5 Å². The van der Waals surface area contributed by atoms with Gasteiger partial charge in [-0.3, -0.25) is 4.79 Å². The summed E-state index contributed by atoms with van der Waals surface area (Å²) in [6.07, 6.45) is 0.766. The Morgan fingerprint density at radius 3 is 2.53 bits per heavy atom. The third kappa shape index (κ3) is 2.98. The Morgan fingerprint density at radius 2 is 1.94 bits per heavy atom. The summed E-state index contributed by atoms with van der Waals surface area (Å²) < 4.78 is 0. The second kappa shape index (κ2) is 5.36. The van der Waals surface area contributed by atoms with Crippen LogP contribution in [0.2, 0.25) is 0 Å². The molecular weight excluding hydrogens is 234 g/mol. The lowest BCUT2D eigenvalue weighted by Gasteiger charge is -2.09. The van der Waals surface area contributed by atoms with Gasteiger partial charge in [-0.25, -0.2) is 0 Å². The summed E-state index contributed by atoms with van der Waals surface area (Å²) in [6, 6.07) is 11.1. The Kier molecular flexibility index (Phi) is 3.62. The molecule has 0 saturated carbocycles. The first-order valence-electron chi connectivity index (χ1n) is 5.03. The number of carbonyl (C=O) groups is 1. The molecule has 0 aliphatic heterocycles. The SMILES string of the molecule is CN(C=O)c1ccc(/N=N/c2cccs2)cc1. The van der Waals surface area contributed by atoms with Crippen molar-refractivity contribution in [1.29, 1.82) is 0 Å². The van der Waals surface area contributed by atoms with Crippen molar-refractivity contribution in [3.8, 4) is 0 Å². The molecule has 1 aromatic carbocycles. The van der Waals surface area contributed by atoms with Gasteiger partial charge in [0.2, 0.25) is 6.41 Å². The van der Waals surface area contributed by atoms with Gasteiger partial charge >= 0.3 is 0 Å². The maximum Gasteiger partial charge on any atom is 0.213 e. The average Bonchev–Trinajstić information content (AvgIpc) is 2.89. The molecule has 0 bridgehead atoms. The topological polar surface area (TPSA) is 45.0 Å². The molecule has 0 radical (unpaired) electrons. The Balaban J connectivity index is 2.11. The van der Waals surface area contributed by atoms with Crippen molar-refractivity contribution < 1.29 is 4.79 Å². The predicted molar refractivity (Wildman–Crippen MR) is 69.4 cm³/mol. The second-order valence-corrected chi connectivity index (χ2v) is 4.31. The third-order valence-electron chi connectivity index (χ3n) is 2.19. The minimum atomic E-state index is 0.765. The van der Waals surface area contributed by atoms with Gasteiger partial charge in [0.25, 0.3) is 0 Å². The van der Waals surface area contributed by atoms with E-state index in [4.69, 9.17) is 0 Å². The molecule has 2 aromatic rings. The van der Waals surface area contributed by atoms with E-state index in [9.17, 15) is 4.79 Å². The maximum absolute atomic E-state index is 10.6. The summed E-state index contributed by atoms with van der Waals surface area (Å²) in [5, 5.41) is 11.0. The molecule has 0 aliphatic rings. The molecular formula is C12H11N3OS. The summed E-state index contributed by atoms with van der Waals surface area (Å²) >= 11 is 1.54. The Morgan fingerprint density at radius 1 is 1.18 bits per heavy atom. The molecule has 0 atom stereocenters. The van der Waals surface area contributed by atoms with Crippen LogP contribution in [-0.2, 0) is 4.79 Å². The van der Waals surface area contributed by atoms with Crippen LogP contribution in [0.3, 0.4) is 0 Å². The number of rotatable bonds is 4. The van der Waals surface area contributed by atoms with Gasteiger partial charge in [0, 0.05) is 12.7 Å². The first kappa shape index (κ1) is 11.5. The van der Waals surface area contributed by atoms with E-state index in [2.05, 4.69) is 10.2 Å². The lowest BCUT2D eigenvalue weighted by atomic mass is 10.3. The van der Waals surface area contributed by atoms with Crippen LogP contribution in [0.15, 0.2) is 52.0 Å². The smallest absolute Gasteiger partial charge is 0.213 e. The minimum Gasteiger partial charge on any atom is -0.318 e. The molecule has 0 unspecified atom stereocenters. The number of nitrogens with zero attached hydrogens (tertiary/aromatic N) is 3. The summed E-state index contributed by atoms with van der Waals surface area (Å²) in [7, 11) is 1.70. The number of carbonyl (C=O) groups excluding carboxylic acids is 1. The molecule has 1 amide bonds. The molecule has 2 rings (SSSR count). The average molecular weight is 245 g/mol. The van der Waals surface area contributed by atoms with Gasteiger partial charge in [-0.05, 0) is 41.8 Å². The number of amides is 1. The Hall–Kier alpha value is -2.01. The Bertz CT molecular complexity index is 505. The summed E-state index contributed by atoms with van der Waals surface area (Å²) in [5.74, 6) is 0. The molecule has 1 heterocycles. The summed E-state index contributed by atoms with van der Waals surface area (Å²) in [5.41, 5.74) is 1.59. The highest BCUT2D eigenvalue weighted by atomic mass is 32.1. The fraction of sp³-hybridized carbons (Fsp3) is 0.0833. The number of hydrogen-bond acceptors (Lipinski definition) is 4. The van der Waals surface area contributed by atoms with Gasteiger partial charge in [-0.1, -0.05) is 0 Å². The van der Waals surface area contributed by atoms with E-state index in [1.807, 2.05) is 41.8 Å². The number of benzene rings is 1. The standard InChI is InChI=1S/C12H11N3OS/c1-15(9-16)11-6-4-10(5-7-11)13-14-12-3-2-8-17-12/h2-9H,1H3/b14-13+. The van der Waals surface area contributed by atoms with Crippen LogP contribution in [0.5, 0.6) is 0 Å². The molecule has 86 valence electrons. The van der Waals surface area contributed by atoms with Crippen LogP contribution in [0, 0.1) is 0 Å². The molecule has 0 saturated heterocycles. The van der Waals surface area contributed by atoms with E-state index < -0.39 is 0 Å². The molecule has 0 fully saturated rings. The van der Waals surface area contributed by atoms with Crippen LogP contribution < -0.4 is 4.90 Å². The molecule has 0 N–H and O–H groups in total. The summed E-state index contributed by atoms with van der Waals surface area (Å²) in [6.45, 7) is 0. The molecule has 17 heavy (non-hydrogen) atoms. The fourth-order valence-corrected chi connectivity index (χ4v) is 1.79. The first-order valence-corrected chi connectivity index (χ1v) is 5.91. The van der Waals surface area contributed by atoms with Crippen LogP contribution >= 0.6 is 11.3 Å². The van der Waals surface area contributed by atoms with E-state index in [1.54, 1.807) is 7.05 Å². The zero-order valence-corrected chi connectivity index (χ0v) is 10.1. The summed E-state index contributed by atoms with van der Waals surface area (Å²) in [4.78, 5) is 12.1. The molecule has 5 heteroatoms. The van der Waals surface area contributed by atoms with Crippen LogP contribution in [0.1, 0.15) is 0 Å². The third-order valence-corrected chi connectivity index (χ3v) is 2.94. The zero-order chi connectivity index (χ0) is 12.1. The normalized spacial score (nSPS) is 10.6. The van der Waals surface area contributed by atoms with Crippen LogP contribution in [0.25, 0.3) is 0 Å². The van der Waals surface area contributed by atoms with Crippen molar-refractivity contribution in [2.24, 2.45) is 10.2 Å². The van der Waals surface area contributed by atoms with Gasteiger partial charge in [0.15, 0.2) is 0 Å². The van der Waals surface area contributed by atoms with Crippen LogP contribution in [0.4, 0.5) is 16.4 Å². The monoisotopic (exact) mass is 245 g/mol.